The molecule has 6 nitrogen and oxygen atoms in total. The van der Waals surface area contributed by atoms with Crippen molar-refractivity contribution < 1.29 is 27.4 Å². The number of aryl methyl sites for hydroxylation is 1. The number of pyridine rings is 1. The Morgan fingerprint density at radius 1 is 1.00 bits per heavy atom. The normalized spacial score (nSPS) is 14.7. The van der Waals surface area contributed by atoms with Gasteiger partial charge in [0.15, 0.2) is 0 Å². The number of ether oxygens (including phenoxy) is 3. The minimum atomic E-state index is -4.75. The van der Waals surface area contributed by atoms with E-state index in [9.17, 15) is 18.0 Å². The molecule has 0 unspecified atom stereocenters. The summed E-state index contributed by atoms with van der Waals surface area (Å²) in [7, 11) is 0. The molecule has 0 bridgehead atoms. The number of nitrogens with zero attached hydrogens (tertiary/aromatic N) is 1. The third-order valence-corrected chi connectivity index (χ3v) is 5.77. The van der Waals surface area contributed by atoms with E-state index in [1.807, 2.05) is 0 Å². The summed E-state index contributed by atoms with van der Waals surface area (Å²) in [5.74, 6) is 0.461. The Morgan fingerprint density at radius 2 is 1.56 bits per heavy atom. The average Bonchev–Trinajstić information content (AvgIpc) is 2.80. The molecule has 0 saturated carbocycles. The highest BCUT2D eigenvalue weighted by Crippen LogP contribution is 2.30. The Kier molecular flexibility index (Phi) is 7.16. The number of benzene rings is 2. The largest absolute Gasteiger partial charge is 0.573 e. The second-order valence-electron chi connectivity index (χ2n) is 7.78. The number of nitrogens with one attached hydrogen (secondary N) is 1. The zero-order valence-electron chi connectivity index (χ0n) is 18.2. The Labute approximate surface area is 198 Å². The van der Waals surface area contributed by atoms with Gasteiger partial charge in [-0.1, -0.05) is 23.7 Å². The van der Waals surface area contributed by atoms with Crippen LogP contribution in [0, 0.1) is 6.92 Å². The molecule has 0 atom stereocenters. The molecule has 2 heterocycles. The van der Waals surface area contributed by atoms with E-state index in [4.69, 9.17) is 21.1 Å². The molecular formula is C24H22ClF3N2O4. The summed E-state index contributed by atoms with van der Waals surface area (Å²) >= 11 is 6.26. The molecule has 180 valence electrons. The number of aromatic amines is 1. The average molecular weight is 495 g/mol. The molecule has 1 fully saturated rings. The van der Waals surface area contributed by atoms with Gasteiger partial charge in [0.1, 0.15) is 22.3 Å². The van der Waals surface area contributed by atoms with E-state index in [2.05, 4.69) is 14.6 Å². The molecule has 1 aliphatic rings. The molecule has 0 spiro atoms. The highest BCUT2D eigenvalue weighted by atomic mass is 35.5. The number of H-pyrrole nitrogens is 1. The van der Waals surface area contributed by atoms with Gasteiger partial charge in [-0.3, -0.25) is 9.69 Å². The highest BCUT2D eigenvalue weighted by Gasteiger charge is 2.31. The van der Waals surface area contributed by atoms with Crippen molar-refractivity contribution in [3.8, 4) is 28.4 Å². The van der Waals surface area contributed by atoms with Crippen LogP contribution in [0.25, 0.3) is 11.1 Å². The van der Waals surface area contributed by atoms with Crippen molar-refractivity contribution in [3.05, 3.63) is 75.2 Å². The second-order valence-corrected chi connectivity index (χ2v) is 8.16. The van der Waals surface area contributed by atoms with E-state index < -0.39 is 6.36 Å². The van der Waals surface area contributed by atoms with Crippen molar-refractivity contribution in [1.29, 1.82) is 0 Å². The third kappa shape index (κ3) is 5.91. The number of aromatic nitrogens is 1. The van der Waals surface area contributed by atoms with Crippen molar-refractivity contribution in [1.82, 2.24) is 9.88 Å². The number of rotatable bonds is 6. The number of morpholine rings is 1. The lowest BCUT2D eigenvalue weighted by Gasteiger charge is -2.27. The second kappa shape index (κ2) is 10.1. The highest BCUT2D eigenvalue weighted by molar-refractivity contribution is 6.31. The van der Waals surface area contributed by atoms with E-state index in [0.717, 1.165) is 18.8 Å². The van der Waals surface area contributed by atoms with Crippen LogP contribution in [0.5, 0.6) is 17.2 Å². The van der Waals surface area contributed by atoms with Gasteiger partial charge >= 0.3 is 6.36 Å². The summed E-state index contributed by atoms with van der Waals surface area (Å²) in [6, 6.07) is 11.9. The zero-order valence-corrected chi connectivity index (χ0v) is 19.0. The van der Waals surface area contributed by atoms with Gasteiger partial charge in [-0.05, 0) is 48.9 Å². The molecular weight excluding hydrogens is 473 g/mol. The quantitative estimate of drug-likeness (QED) is 0.488. The fourth-order valence-electron chi connectivity index (χ4n) is 3.70. The standard InChI is InChI=1S/C24H22ClF3N2O4/c1-15-22(25)23(31)21(20(29-15)14-30-10-12-32-13-11-30)16-2-4-17(5-3-16)33-18-6-8-19(9-7-18)34-24(26,27)28/h2-9H,10-14H2,1H3,(H,29,31). The van der Waals surface area contributed by atoms with Crippen molar-refractivity contribution >= 4 is 11.6 Å². The monoisotopic (exact) mass is 494 g/mol. The molecule has 34 heavy (non-hydrogen) atoms. The summed E-state index contributed by atoms with van der Waals surface area (Å²) in [4.78, 5) is 18.5. The van der Waals surface area contributed by atoms with E-state index >= 15 is 0 Å². The summed E-state index contributed by atoms with van der Waals surface area (Å²) in [5, 5.41) is 0.141. The Bertz CT molecular complexity index is 1190. The van der Waals surface area contributed by atoms with Crippen molar-refractivity contribution in [2.45, 2.75) is 19.8 Å². The summed E-state index contributed by atoms with van der Waals surface area (Å²) in [5.41, 5.74) is 2.28. The van der Waals surface area contributed by atoms with Crippen molar-refractivity contribution in [2.24, 2.45) is 0 Å². The summed E-state index contributed by atoms with van der Waals surface area (Å²) in [6.07, 6.45) is -4.75. The van der Waals surface area contributed by atoms with Crippen LogP contribution in [0.4, 0.5) is 13.2 Å². The van der Waals surface area contributed by atoms with Crippen LogP contribution in [0.3, 0.4) is 0 Å². The lowest BCUT2D eigenvalue weighted by Crippen LogP contribution is -2.36. The molecule has 0 aliphatic carbocycles. The van der Waals surface area contributed by atoms with Gasteiger partial charge in [0, 0.05) is 31.0 Å². The predicted octanol–water partition coefficient (Wildman–Crippen LogP) is 5.53. The summed E-state index contributed by atoms with van der Waals surface area (Å²) < 4.78 is 51.9. The number of hydrogen-bond acceptors (Lipinski definition) is 5. The molecule has 4 rings (SSSR count). The number of alkyl halides is 3. The van der Waals surface area contributed by atoms with Gasteiger partial charge in [0.25, 0.3) is 0 Å². The maximum absolute atomic E-state index is 13.0. The molecule has 1 saturated heterocycles. The van der Waals surface area contributed by atoms with Gasteiger partial charge in [-0.2, -0.15) is 0 Å². The maximum Gasteiger partial charge on any atom is 0.573 e. The van der Waals surface area contributed by atoms with E-state index in [0.29, 0.717) is 48.1 Å². The van der Waals surface area contributed by atoms with Crippen LogP contribution in [0.1, 0.15) is 11.4 Å². The van der Waals surface area contributed by atoms with E-state index in [1.165, 1.54) is 24.3 Å². The molecule has 1 aromatic heterocycles. The van der Waals surface area contributed by atoms with Crippen molar-refractivity contribution in [2.75, 3.05) is 26.3 Å². The minimum Gasteiger partial charge on any atom is -0.457 e. The third-order valence-electron chi connectivity index (χ3n) is 5.32. The first-order chi connectivity index (χ1) is 16.2. The molecule has 0 radical (unpaired) electrons. The fourth-order valence-corrected chi connectivity index (χ4v) is 3.84. The molecule has 10 heteroatoms. The van der Waals surface area contributed by atoms with Crippen LogP contribution < -0.4 is 14.9 Å². The maximum atomic E-state index is 13.0. The molecule has 1 aliphatic heterocycles. The van der Waals surface area contributed by atoms with Crippen LogP contribution >= 0.6 is 11.6 Å². The van der Waals surface area contributed by atoms with Crippen LogP contribution in [-0.2, 0) is 11.3 Å². The first-order valence-electron chi connectivity index (χ1n) is 10.5. The van der Waals surface area contributed by atoms with Gasteiger partial charge < -0.3 is 19.2 Å². The lowest BCUT2D eigenvalue weighted by molar-refractivity contribution is -0.274. The van der Waals surface area contributed by atoms with Crippen LogP contribution in [-0.4, -0.2) is 42.5 Å². The zero-order chi connectivity index (χ0) is 24.3. The first-order valence-corrected chi connectivity index (χ1v) is 10.9. The lowest BCUT2D eigenvalue weighted by atomic mass is 10.0. The van der Waals surface area contributed by atoms with Crippen LogP contribution in [0.15, 0.2) is 53.3 Å². The molecule has 1 N–H and O–H groups in total. The smallest absolute Gasteiger partial charge is 0.457 e. The topological polar surface area (TPSA) is 63.8 Å². The summed E-state index contributed by atoms with van der Waals surface area (Å²) in [6.45, 7) is 5.13. The first kappa shape index (κ1) is 24.1. The predicted molar refractivity (Wildman–Crippen MR) is 122 cm³/mol. The SMILES string of the molecule is Cc1[nH]c(CN2CCOCC2)c(-c2ccc(Oc3ccc(OC(F)(F)F)cc3)cc2)c(=O)c1Cl. The van der Waals surface area contributed by atoms with E-state index in [-0.39, 0.29) is 16.2 Å². The Morgan fingerprint density at radius 3 is 2.15 bits per heavy atom. The Balaban J connectivity index is 1.55. The minimum absolute atomic E-state index is 0.141. The fraction of sp³-hybridized carbons (Fsp3) is 0.292. The number of halogens is 4. The van der Waals surface area contributed by atoms with Gasteiger partial charge in [0.2, 0.25) is 5.43 Å². The van der Waals surface area contributed by atoms with E-state index in [1.54, 1.807) is 31.2 Å². The van der Waals surface area contributed by atoms with Gasteiger partial charge in [-0.15, -0.1) is 13.2 Å². The number of hydrogen-bond donors (Lipinski definition) is 1. The molecule has 2 aromatic carbocycles. The molecule has 3 aromatic rings. The van der Waals surface area contributed by atoms with Gasteiger partial charge in [0.05, 0.1) is 18.8 Å². The molecule has 0 amide bonds. The Hall–Kier alpha value is -3.01. The van der Waals surface area contributed by atoms with Gasteiger partial charge in [-0.25, -0.2) is 0 Å². The van der Waals surface area contributed by atoms with Crippen LogP contribution in [0.2, 0.25) is 5.02 Å². The van der Waals surface area contributed by atoms with Crippen molar-refractivity contribution in [3.63, 3.8) is 0 Å².